The maximum absolute atomic E-state index is 11.5. The molecule has 0 radical (unpaired) electrons. The lowest BCUT2D eigenvalue weighted by atomic mass is 10.2. The molecule has 7 nitrogen and oxygen atoms in total. The summed E-state index contributed by atoms with van der Waals surface area (Å²) in [6, 6.07) is 0. The van der Waals surface area contributed by atoms with Gasteiger partial charge < -0.3 is 14.8 Å². The van der Waals surface area contributed by atoms with Gasteiger partial charge in [0.15, 0.2) is 0 Å². The summed E-state index contributed by atoms with van der Waals surface area (Å²) in [5.41, 5.74) is 0. The molecule has 1 rings (SSSR count). The van der Waals surface area contributed by atoms with E-state index in [-0.39, 0.29) is 35.4 Å². The van der Waals surface area contributed by atoms with Crippen LogP contribution in [0, 0.1) is 0 Å². The lowest BCUT2D eigenvalue weighted by Gasteiger charge is -2.14. The Balaban J connectivity index is 1.92. The highest BCUT2D eigenvalue weighted by molar-refractivity contribution is 9.12. The van der Waals surface area contributed by atoms with Gasteiger partial charge in [-0.3, -0.25) is 19.3 Å². The van der Waals surface area contributed by atoms with Gasteiger partial charge in [0, 0.05) is 19.0 Å². The van der Waals surface area contributed by atoms with Crippen molar-refractivity contribution in [3.8, 4) is 0 Å². The van der Waals surface area contributed by atoms with Crippen molar-refractivity contribution >= 4 is 33.7 Å². The highest BCUT2D eigenvalue weighted by Crippen LogP contribution is 2.17. The molecule has 23 heavy (non-hydrogen) atoms. The van der Waals surface area contributed by atoms with Crippen molar-refractivity contribution in [2.75, 3.05) is 39.5 Å². The molecule has 3 amide bonds. The second-order valence-electron chi connectivity index (χ2n) is 4.97. The van der Waals surface area contributed by atoms with Crippen LogP contribution >= 0.6 is 15.9 Å². The molecule has 0 fully saturated rings. The molecule has 8 heteroatoms. The van der Waals surface area contributed by atoms with Gasteiger partial charge in [0.1, 0.15) is 0 Å². The number of amides is 3. The van der Waals surface area contributed by atoms with Crippen molar-refractivity contribution in [3.63, 3.8) is 0 Å². The van der Waals surface area contributed by atoms with Crippen LogP contribution in [0.3, 0.4) is 0 Å². The molecule has 0 unspecified atom stereocenters. The van der Waals surface area contributed by atoms with Gasteiger partial charge >= 0.3 is 0 Å². The summed E-state index contributed by atoms with van der Waals surface area (Å²) in [6.07, 6.45) is 3.70. The van der Waals surface area contributed by atoms with E-state index in [1.165, 1.54) is 6.08 Å². The number of unbranched alkanes of at least 4 members (excludes halogenated alkanes) is 1. The standard InChI is InChI=1S/C15H23BrN2O5/c1-2-3-4-13(19)17-5-7-22-9-10-23-8-6-18-14(20)11-12(16)15(18)21/h11H,2-10H2,1H3,(H,17,19). The number of nitrogens with zero attached hydrogens (tertiary/aromatic N) is 1. The molecule has 0 bridgehead atoms. The summed E-state index contributed by atoms with van der Waals surface area (Å²) in [7, 11) is 0. The molecule has 1 heterocycles. The fourth-order valence-electron chi connectivity index (χ4n) is 1.85. The molecule has 0 aromatic carbocycles. The fourth-order valence-corrected chi connectivity index (χ4v) is 2.26. The molecule has 0 saturated carbocycles. The molecule has 0 aliphatic carbocycles. The minimum Gasteiger partial charge on any atom is -0.377 e. The van der Waals surface area contributed by atoms with E-state index in [0.717, 1.165) is 17.7 Å². The highest BCUT2D eigenvalue weighted by Gasteiger charge is 2.28. The second-order valence-corrected chi connectivity index (χ2v) is 5.82. The van der Waals surface area contributed by atoms with Gasteiger partial charge in [-0.15, -0.1) is 0 Å². The molecular weight excluding hydrogens is 368 g/mol. The van der Waals surface area contributed by atoms with Crippen LogP contribution < -0.4 is 5.32 Å². The van der Waals surface area contributed by atoms with E-state index >= 15 is 0 Å². The zero-order valence-corrected chi connectivity index (χ0v) is 14.9. The summed E-state index contributed by atoms with van der Waals surface area (Å²) in [4.78, 5) is 35.4. The first-order valence-corrected chi connectivity index (χ1v) is 8.50. The van der Waals surface area contributed by atoms with Gasteiger partial charge in [-0.05, 0) is 22.4 Å². The Bertz CT molecular complexity index is 453. The van der Waals surface area contributed by atoms with Crippen LogP contribution in [0.5, 0.6) is 0 Å². The molecule has 0 spiro atoms. The Kier molecular flexibility index (Phi) is 9.74. The van der Waals surface area contributed by atoms with Crippen molar-refractivity contribution in [1.29, 1.82) is 0 Å². The largest absolute Gasteiger partial charge is 0.377 e. The Morgan fingerprint density at radius 1 is 1.22 bits per heavy atom. The van der Waals surface area contributed by atoms with E-state index in [1.54, 1.807) is 0 Å². The molecule has 0 aromatic rings. The van der Waals surface area contributed by atoms with Crippen LogP contribution in [0.15, 0.2) is 10.6 Å². The SMILES string of the molecule is CCCCC(=O)NCCOCCOCCN1C(=O)C=C(Br)C1=O. The molecule has 0 aromatic heterocycles. The number of hydrogen-bond donors (Lipinski definition) is 1. The first-order valence-electron chi connectivity index (χ1n) is 7.71. The lowest BCUT2D eigenvalue weighted by Crippen LogP contribution is -2.34. The van der Waals surface area contributed by atoms with E-state index in [0.29, 0.717) is 32.8 Å². The van der Waals surface area contributed by atoms with Crippen LogP contribution in [-0.2, 0) is 23.9 Å². The van der Waals surface area contributed by atoms with Gasteiger partial charge in [-0.25, -0.2) is 0 Å². The van der Waals surface area contributed by atoms with E-state index in [9.17, 15) is 14.4 Å². The molecular formula is C15H23BrN2O5. The van der Waals surface area contributed by atoms with Crippen LogP contribution in [0.1, 0.15) is 26.2 Å². The predicted molar refractivity (Wildman–Crippen MR) is 87.9 cm³/mol. The molecule has 1 N–H and O–H groups in total. The third kappa shape index (κ3) is 7.71. The molecule has 0 atom stereocenters. The van der Waals surface area contributed by atoms with Crippen molar-refractivity contribution < 1.29 is 23.9 Å². The fraction of sp³-hybridized carbons (Fsp3) is 0.667. The van der Waals surface area contributed by atoms with Crippen molar-refractivity contribution in [2.24, 2.45) is 0 Å². The van der Waals surface area contributed by atoms with Crippen molar-refractivity contribution in [1.82, 2.24) is 10.2 Å². The van der Waals surface area contributed by atoms with Crippen LogP contribution in [0.4, 0.5) is 0 Å². The summed E-state index contributed by atoms with van der Waals surface area (Å²) in [5, 5.41) is 2.77. The smallest absolute Gasteiger partial charge is 0.268 e. The van der Waals surface area contributed by atoms with E-state index in [1.807, 2.05) is 6.92 Å². The quantitative estimate of drug-likeness (QED) is 0.396. The maximum atomic E-state index is 11.5. The first kappa shape index (κ1) is 19.8. The van der Waals surface area contributed by atoms with E-state index in [4.69, 9.17) is 9.47 Å². The average molecular weight is 391 g/mol. The third-order valence-corrected chi connectivity index (χ3v) is 3.69. The minimum absolute atomic E-state index is 0.0476. The molecule has 0 saturated heterocycles. The van der Waals surface area contributed by atoms with Gasteiger partial charge in [0.2, 0.25) is 5.91 Å². The third-order valence-electron chi connectivity index (χ3n) is 3.12. The number of ether oxygens (including phenoxy) is 2. The number of carbonyl (C=O) groups is 3. The van der Waals surface area contributed by atoms with Gasteiger partial charge in [-0.2, -0.15) is 0 Å². The Hall–Kier alpha value is -1.25. The van der Waals surface area contributed by atoms with Crippen LogP contribution in [0.25, 0.3) is 0 Å². The molecule has 1 aliphatic rings. The first-order chi connectivity index (χ1) is 11.1. The predicted octanol–water partition coefficient (Wildman–Crippen LogP) is 0.974. The highest BCUT2D eigenvalue weighted by atomic mass is 79.9. The lowest BCUT2D eigenvalue weighted by molar-refractivity contribution is -0.137. The number of carbonyl (C=O) groups excluding carboxylic acids is 3. The monoisotopic (exact) mass is 390 g/mol. The van der Waals surface area contributed by atoms with Crippen LogP contribution in [-0.4, -0.2) is 62.1 Å². The Labute approximate surface area is 144 Å². The number of halogens is 1. The molecule has 130 valence electrons. The maximum Gasteiger partial charge on any atom is 0.268 e. The summed E-state index contributed by atoms with van der Waals surface area (Å²) < 4.78 is 10.9. The Morgan fingerprint density at radius 2 is 1.91 bits per heavy atom. The van der Waals surface area contributed by atoms with Gasteiger partial charge in [0.05, 0.1) is 37.5 Å². The van der Waals surface area contributed by atoms with Gasteiger partial charge in [-0.1, -0.05) is 13.3 Å². The summed E-state index contributed by atoms with van der Waals surface area (Å²) in [5.74, 6) is -0.624. The summed E-state index contributed by atoms with van der Waals surface area (Å²) in [6.45, 7) is 4.21. The zero-order valence-electron chi connectivity index (χ0n) is 13.3. The number of hydrogen-bond acceptors (Lipinski definition) is 5. The molecule has 1 aliphatic heterocycles. The van der Waals surface area contributed by atoms with Crippen LogP contribution in [0.2, 0.25) is 0 Å². The minimum atomic E-state index is -0.339. The Morgan fingerprint density at radius 3 is 2.52 bits per heavy atom. The van der Waals surface area contributed by atoms with E-state index in [2.05, 4.69) is 21.2 Å². The second kappa shape index (κ2) is 11.3. The topological polar surface area (TPSA) is 84.9 Å². The van der Waals surface area contributed by atoms with Gasteiger partial charge in [0.25, 0.3) is 11.8 Å². The average Bonchev–Trinajstić information content (AvgIpc) is 2.77. The van der Waals surface area contributed by atoms with E-state index < -0.39 is 0 Å². The summed E-state index contributed by atoms with van der Waals surface area (Å²) >= 11 is 3.02. The number of nitrogens with one attached hydrogen (secondary N) is 1. The van der Waals surface area contributed by atoms with Crippen molar-refractivity contribution in [2.45, 2.75) is 26.2 Å². The van der Waals surface area contributed by atoms with Crippen molar-refractivity contribution in [3.05, 3.63) is 10.6 Å². The zero-order chi connectivity index (χ0) is 17.1. The number of rotatable bonds is 12. The normalized spacial score (nSPS) is 14.3. The number of imide groups is 1.